The normalized spacial score (nSPS) is 14.1. The second-order valence-corrected chi connectivity index (χ2v) is 7.43. The van der Waals surface area contributed by atoms with Gasteiger partial charge in [0.25, 0.3) is 0 Å². The van der Waals surface area contributed by atoms with Gasteiger partial charge < -0.3 is 10.1 Å². The van der Waals surface area contributed by atoms with Crippen LogP contribution in [0.3, 0.4) is 0 Å². The van der Waals surface area contributed by atoms with Crippen LogP contribution in [0.15, 0.2) is 12.1 Å². The Balaban J connectivity index is 1.68. The summed E-state index contributed by atoms with van der Waals surface area (Å²) in [6.45, 7) is 8.56. The minimum atomic E-state index is 0.235. The number of aryl methyl sites for hydroxylation is 1. The first-order valence-corrected chi connectivity index (χ1v) is 8.53. The summed E-state index contributed by atoms with van der Waals surface area (Å²) in [4.78, 5) is 0. The van der Waals surface area contributed by atoms with E-state index in [1.165, 1.54) is 36.8 Å². The molecule has 0 saturated heterocycles. The summed E-state index contributed by atoms with van der Waals surface area (Å²) in [7, 11) is 0. The maximum atomic E-state index is 6.19. The first-order chi connectivity index (χ1) is 9.96. The van der Waals surface area contributed by atoms with E-state index in [0.29, 0.717) is 0 Å². The van der Waals surface area contributed by atoms with Gasteiger partial charge in [-0.1, -0.05) is 24.4 Å². The molecule has 0 spiro atoms. The van der Waals surface area contributed by atoms with Crippen LogP contribution in [0.4, 0.5) is 0 Å². The van der Waals surface area contributed by atoms with E-state index in [2.05, 4.69) is 32.2 Å². The van der Waals surface area contributed by atoms with Crippen LogP contribution in [0.25, 0.3) is 0 Å². The molecule has 0 atom stereocenters. The Labute approximate surface area is 134 Å². The highest BCUT2D eigenvalue weighted by molar-refractivity contribution is 6.30. The van der Waals surface area contributed by atoms with Crippen LogP contribution in [0.1, 0.15) is 57.6 Å². The number of rotatable bonds is 7. The molecule has 0 bridgehead atoms. The first-order valence-electron chi connectivity index (χ1n) is 8.15. The highest BCUT2D eigenvalue weighted by Crippen LogP contribution is 2.33. The molecule has 118 valence electrons. The fourth-order valence-corrected chi connectivity index (χ4v) is 3.05. The Kier molecular flexibility index (Phi) is 5.95. The van der Waals surface area contributed by atoms with Gasteiger partial charge in [0, 0.05) is 17.0 Å². The molecular formula is C18H28ClNO. The summed E-state index contributed by atoms with van der Waals surface area (Å²) in [5, 5.41) is 4.39. The van der Waals surface area contributed by atoms with Gasteiger partial charge in [0.05, 0.1) is 6.61 Å². The molecule has 2 nitrogen and oxygen atoms in total. The molecule has 0 saturated carbocycles. The van der Waals surface area contributed by atoms with Crippen LogP contribution in [0.5, 0.6) is 5.75 Å². The molecule has 0 aromatic heterocycles. The molecule has 0 fully saturated rings. The third kappa shape index (κ3) is 5.52. The van der Waals surface area contributed by atoms with E-state index in [0.717, 1.165) is 36.8 Å². The zero-order chi connectivity index (χ0) is 15.3. The van der Waals surface area contributed by atoms with Crippen molar-refractivity contribution in [2.24, 2.45) is 0 Å². The van der Waals surface area contributed by atoms with Crippen LogP contribution in [-0.4, -0.2) is 18.7 Å². The zero-order valence-electron chi connectivity index (χ0n) is 13.6. The monoisotopic (exact) mass is 309 g/mol. The molecule has 0 aliphatic carbocycles. The summed E-state index contributed by atoms with van der Waals surface area (Å²) in [5.74, 6) is 1.11. The Bertz CT molecular complexity index is 465. The number of fused-ring (bicyclic) bond motifs is 1. The number of halogens is 1. The van der Waals surface area contributed by atoms with E-state index in [1.807, 2.05) is 6.07 Å². The van der Waals surface area contributed by atoms with Crippen LogP contribution < -0.4 is 10.1 Å². The maximum Gasteiger partial charge on any atom is 0.125 e. The molecular weight excluding hydrogens is 282 g/mol. The van der Waals surface area contributed by atoms with Crippen molar-refractivity contribution in [3.8, 4) is 5.75 Å². The van der Waals surface area contributed by atoms with Crippen molar-refractivity contribution in [3.63, 3.8) is 0 Å². The Morgan fingerprint density at radius 2 is 1.90 bits per heavy atom. The topological polar surface area (TPSA) is 21.3 Å². The van der Waals surface area contributed by atoms with E-state index < -0.39 is 0 Å². The lowest BCUT2D eigenvalue weighted by atomic mass is 10.0. The highest BCUT2D eigenvalue weighted by Gasteiger charge is 2.17. The molecule has 1 aliphatic rings. The Hall–Kier alpha value is -0.730. The smallest absolute Gasteiger partial charge is 0.125 e. The lowest BCUT2D eigenvalue weighted by Gasteiger charge is -2.20. The molecule has 1 aliphatic heterocycles. The number of unbranched alkanes of at least 4 members (excludes halogenated alkanes) is 3. The fourth-order valence-electron chi connectivity index (χ4n) is 2.79. The summed E-state index contributed by atoms with van der Waals surface area (Å²) < 4.78 is 5.75. The molecule has 1 aromatic carbocycles. The minimum absolute atomic E-state index is 0.235. The summed E-state index contributed by atoms with van der Waals surface area (Å²) in [5.41, 5.74) is 2.81. The number of benzene rings is 1. The van der Waals surface area contributed by atoms with Crippen molar-refractivity contribution in [1.29, 1.82) is 0 Å². The second kappa shape index (κ2) is 7.51. The standard InChI is InChI=1S/C18H28ClNO/c1-18(2,3)20-10-7-5-4-6-8-14-12-16(19)13-15-9-11-21-17(14)15/h12-13,20H,4-11H2,1-3H3. The summed E-state index contributed by atoms with van der Waals surface area (Å²) >= 11 is 6.19. The van der Waals surface area contributed by atoms with E-state index in [9.17, 15) is 0 Å². The molecule has 21 heavy (non-hydrogen) atoms. The van der Waals surface area contributed by atoms with Gasteiger partial charge in [-0.3, -0.25) is 0 Å². The van der Waals surface area contributed by atoms with Gasteiger partial charge in [0.15, 0.2) is 0 Å². The fraction of sp³-hybridized carbons (Fsp3) is 0.667. The van der Waals surface area contributed by atoms with E-state index in [4.69, 9.17) is 16.3 Å². The van der Waals surface area contributed by atoms with Gasteiger partial charge in [-0.05, 0) is 69.8 Å². The van der Waals surface area contributed by atoms with Crippen molar-refractivity contribution in [2.45, 2.75) is 64.8 Å². The van der Waals surface area contributed by atoms with Crippen molar-refractivity contribution in [1.82, 2.24) is 5.32 Å². The van der Waals surface area contributed by atoms with Crippen LogP contribution in [0.2, 0.25) is 5.02 Å². The van der Waals surface area contributed by atoms with Crippen molar-refractivity contribution >= 4 is 11.6 Å². The largest absolute Gasteiger partial charge is 0.493 e. The third-order valence-corrected chi connectivity index (χ3v) is 4.07. The number of ether oxygens (including phenoxy) is 1. The molecule has 0 unspecified atom stereocenters. The quantitative estimate of drug-likeness (QED) is 0.733. The number of nitrogens with one attached hydrogen (secondary N) is 1. The average molecular weight is 310 g/mol. The van der Waals surface area contributed by atoms with Crippen LogP contribution in [-0.2, 0) is 12.8 Å². The van der Waals surface area contributed by atoms with E-state index in [-0.39, 0.29) is 5.54 Å². The van der Waals surface area contributed by atoms with Gasteiger partial charge in [0.1, 0.15) is 5.75 Å². The maximum absolute atomic E-state index is 6.19. The Morgan fingerprint density at radius 1 is 1.14 bits per heavy atom. The molecule has 0 amide bonds. The lowest BCUT2D eigenvalue weighted by molar-refractivity contribution is 0.353. The van der Waals surface area contributed by atoms with Crippen molar-refractivity contribution in [2.75, 3.05) is 13.2 Å². The van der Waals surface area contributed by atoms with Gasteiger partial charge in [0.2, 0.25) is 0 Å². The molecule has 1 aromatic rings. The van der Waals surface area contributed by atoms with Crippen molar-refractivity contribution < 1.29 is 4.74 Å². The SMILES string of the molecule is CC(C)(C)NCCCCCCc1cc(Cl)cc2c1OCC2. The predicted octanol–water partition coefficient (Wildman–Crippen LogP) is 4.77. The molecule has 3 heteroatoms. The molecule has 1 heterocycles. The molecule has 1 N–H and O–H groups in total. The second-order valence-electron chi connectivity index (χ2n) is 6.99. The lowest BCUT2D eigenvalue weighted by Crippen LogP contribution is -2.36. The first kappa shape index (κ1) is 16.6. The van der Waals surface area contributed by atoms with Gasteiger partial charge in [-0.25, -0.2) is 0 Å². The average Bonchev–Trinajstić information content (AvgIpc) is 2.84. The third-order valence-electron chi connectivity index (χ3n) is 3.85. The highest BCUT2D eigenvalue weighted by atomic mass is 35.5. The minimum Gasteiger partial charge on any atom is -0.493 e. The molecule has 0 radical (unpaired) electrons. The van der Waals surface area contributed by atoms with E-state index >= 15 is 0 Å². The van der Waals surface area contributed by atoms with E-state index in [1.54, 1.807) is 0 Å². The summed E-state index contributed by atoms with van der Waals surface area (Å²) in [6, 6.07) is 4.12. The van der Waals surface area contributed by atoms with Gasteiger partial charge in [-0.15, -0.1) is 0 Å². The predicted molar refractivity (Wildman–Crippen MR) is 90.6 cm³/mol. The van der Waals surface area contributed by atoms with Crippen molar-refractivity contribution in [3.05, 3.63) is 28.3 Å². The van der Waals surface area contributed by atoms with Crippen LogP contribution in [0, 0.1) is 0 Å². The number of hydrogen-bond donors (Lipinski definition) is 1. The summed E-state index contributed by atoms with van der Waals surface area (Å²) in [6.07, 6.45) is 7.10. The van der Waals surface area contributed by atoms with Crippen LogP contribution >= 0.6 is 11.6 Å². The Morgan fingerprint density at radius 3 is 2.67 bits per heavy atom. The zero-order valence-corrected chi connectivity index (χ0v) is 14.4. The van der Waals surface area contributed by atoms with Gasteiger partial charge in [-0.2, -0.15) is 0 Å². The molecule has 2 rings (SSSR count). The van der Waals surface area contributed by atoms with Gasteiger partial charge >= 0.3 is 0 Å². The number of hydrogen-bond acceptors (Lipinski definition) is 2.